The van der Waals surface area contributed by atoms with Gasteiger partial charge in [0, 0.05) is 0 Å². The Morgan fingerprint density at radius 3 is 2.17 bits per heavy atom. The second kappa shape index (κ2) is 11.1. The van der Waals surface area contributed by atoms with E-state index >= 15 is 0 Å². The van der Waals surface area contributed by atoms with Gasteiger partial charge in [0.2, 0.25) is 6.86 Å². The molecule has 0 amide bonds. The molecule has 0 heterocycles. The van der Waals surface area contributed by atoms with E-state index in [1.165, 1.54) is 42.5 Å². The van der Waals surface area contributed by atoms with Gasteiger partial charge < -0.3 is 9.47 Å². The van der Waals surface area contributed by atoms with E-state index in [0.29, 0.717) is 17.0 Å². The Morgan fingerprint density at radius 2 is 1.56 bits per heavy atom. The van der Waals surface area contributed by atoms with Crippen LogP contribution in [0.15, 0.2) is 72.8 Å². The van der Waals surface area contributed by atoms with Gasteiger partial charge in [0.15, 0.2) is 11.6 Å². The Labute approximate surface area is 207 Å². The molecule has 1 aliphatic carbocycles. The molecule has 0 saturated heterocycles. The van der Waals surface area contributed by atoms with Gasteiger partial charge in [-0.15, -0.1) is 0 Å². The van der Waals surface area contributed by atoms with Crippen LogP contribution >= 0.6 is 0 Å². The number of benzene rings is 3. The first-order valence-corrected chi connectivity index (χ1v) is 11.9. The molecule has 190 valence electrons. The van der Waals surface area contributed by atoms with Gasteiger partial charge in [-0.1, -0.05) is 36.4 Å². The molecule has 1 aliphatic rings. The second-order valence-corrected chi connectivity index (χ2v) is 8.92. The van der Waals surface area contributed by atoms with E-state index in [4.69, 9.17) is 4.74 Å². The maximum atomic E-state index is 14.8. The van der Waals surface area contributed by atoms with E-state index in [9.17, 15) is 22.0 Å². The number of allylic oxidation sites excluding steroid dienone is 2. The minimum atomic E-state index is -3.88. The molecule has 7 heteroatoms. The molecule has 0 radical (unpaired) electrons. The number of hydrogen-bond acceptors (Lipinski definition) is 2. The Bertz CT molecular complexity index is 1200. The van der Waals surface area contributed by atoms with Crippen LogP contribution in [0.5, 0.6) is 11.5 Å². The van der Waals surface area contributed by atoms with Crippen molar-refractivity contribution in [2.75, 3.05) is 6.86 Å². The van der Waals surface area contributed by atoms with Crippen molar-refractivity contribution in [3.05, 3.63) is 95.6 Å². The third-order valence-electron chi connectivity index (χ3n) is 6.59. The van der Waals surface area contributed by atoms with Crippen LogP contribution in [0.3, 0.4) is 0 Å². The predicted octanol–water partition coefficient (Wildman–Crippen LogP) is 8.92. The van der Waals surface area contributed by atoms with Crippen LogP contribution < -0.4 is 9.47 Å². The second-order valence-electron chi connectivity index (χ2n) is 8.92. The first-order valence-electron chi connectivity index (χ1n) is 11.9. The Morgan fingerprint density at radius 1 is 0.861 bits per heavy atom. The van der Waals surface area contributed by atoms with E-state index in [1.807, 2.05) is 13.0 Å². The maximum absolute atomic E-state index is 14.8. The van der Waals surface area contributed by atoms with Crippen molar-refractivity contribution in [1.29, 1.82) is 0 Å². The quantitative estimate of drug-likeness (QED) is 0.226. The largest absolute Gasteiger partial charge is 0.460 e. The molecule has 1 fully saturated rings. The SMILES string of the molecule is C/C=C/C1CCC(c2ccc(C(F)(F)Oc3ccc(-c4ccc(OCF)c(F)c4)cc3)c(F)c2)CC1. The Hall–Kier alpha value is -3.35. The van der Waals surface area contributed by atoms with E-state index < -0.39 is 30.2 Å². The highest BCUT2D eigenvalue weighted by molar-refractivity contribution is 5.65. The van der Waals surface area contributed by atoms with Crippen LogP contribution in [0.25, 0.3) is 11.1 Å². The monoisotopic (exact) mass is 502 g/mol. The van der Waals surface area contributed by atoms with E-state index in [-0.39, 0.29) is 17.4 Å². The van der Waals surface area contributed by atoms with E-state index in [1.54, 1.807) is 6.07 Å². The van der Waals surface area contributed by atoms with Crippen LogP contribution in [0.1, 0.15) is 49.7 Å². The fourth-order valence-electron chi connectivity index (χ4n) is 4.71. The highest BCUT2D eigenvalue weighted by Crippen LogP contribution is 2.39. The van der Waals surface area contributed by atoms with Crippen LogP contribution in [0.4, 0.5) is 22.0 Å². The van der Waals surface area contributed by atoms with Crippen LogP contribution in [0, 0.1) is 17.6 Å². The van der Waals surface area contributed by atoms with Crippen LogP contribution in [-0.4, -0.2) is 6.86 Å². The van der Waals surface area contributed by atoms with Crippen molar-refractivity contribution in [1.82, 2.24) is 0 Å². The van der Waals surface area contributed by atoms with Gasteiger partial charge in [-0.3, -0.25) is 0 Å². The van der Waals surface area contributed by atoms with Crippen molar-refractivity contribution in [2.24, 2.45) is 5.92 Å². The van der Waals surface area contributed by atoms with Gasteiger partial charge in [0.25, 0.3) is 0 Å². The molecule has 0 bridgehead atoms. The summed E-state index contributed by atoms with van der Waals surface area (Å²) in [4.78, 5) is 0. The first-order chi connectivity index (χ1) is 17.3. The molecule has 2 nitrogen and oxygen atoms in total. The molecule has 1 saturated carbocycles. The topological polar surface area (TPSA) is 18.5 Å². The molecule has 0 unspecified atom stereocenters. The minimum absolute atomic E-state index is 0.152. The molecule has 3 aromatic carbocycles. The van der Waals surface area contributed by atoms with Gasteiger partial charge >= 0.3 is 6.11 Å². The third-order valence-corrected chi connectivity index (χ3v) is 6.59. The molecule has 36 heavy (non-hydrogen) atoms. The summed E-state index contributed by atoms with van der Waals surface area (Å²) in [6, 6.07) is 13.3. The van der Waals surface area contributed by atoms with Gasteiger partial charge in [-0.2, -0.15) is 8.78 Å². The molecule has 0 aliphatic heterocycles. The van der Waals surface area contributed by atoms with Crippen LogP contribution in [0.2, 0.25) is 0 Å². The Balaban J connectivity index is 1.44. The standard InChI is InChI=1S/C29H27F5O2/c1-2-3-19-4-6-20(7-5-19)22-10-14-25(26(31)16-22)29(33,34)36-24-12-8-21(9-13-24)23-11-15-28(35-18-30)27(32)17-23/h2-3,8-17,19-20H,4-7,18H2,1H3/b3-2+. The zero-order valence-electron chi connectivity index (χ0n) is 19.8. The number of alkyl halides is 3. The molecule has 4 rings (SSSR count). The highest BCUT2D eigenvalue weighted by atomic mass is 19.3. The lowest BCUT2D eigenvalue weighted by Gasteiger charge is -2.27. The third kappa shape index (κ3) is 5.89. The normalized spacial score (nSPS) is 18.4. The van der Waals surface area contributed by atoms with Gasteiger partial charge in [-0.05, 0) is 97.5 Å². The fourth-order valence-corrected chi connectivity index (χ4v) is 4.71. The predicted molar refractivity (Wildman–Crippen MR) is 129 cm³/mol. The number of rotatable bonds is 8. The summed E-state index contributed by atoms with van der Waals surface area (Å²) in [5.74, 6) is -1.48. The lowest BCUT2D eigenvalue weighted by Crippen LogP contribution is -2.23. The van der Waals surface area contributed by atoms with Crippen molar-refractivity contribution in [2.45, 2.75) is 44.6 Å². The zero-order chi connectivity index (χ0) is 25.7. The zero-order valence-corrected chi connectivity index (χ0v) is 19.8. The van der Waals surface area contributed by atoms with Crippen molar-refractivity contribution >= 4 is 0 Å². The van der Waals surface area contributed by atoms with Gasteiger partial charge in [-0.25, -0.2) is 13.2 Å². The fraction of sp³-hybridized carbons (Fsp3) is 0.310. The van der Waals surface area contributed by atoms with Crippen LogP contribution in [-0.2, 0) is 6.11 Å². The Kier molecular flexibility index (Phi) is 7.97. The van der Waals surface area contributed by atoms with Gasteiger partial charge in [0.05, 0.1) is 5.56 Å². The van der Waals surface area contributed by atoms with E-state index in [2.05, 4.69) is 10.8 Å². The number of halogens is 5. The molecular formula is C29H27F5O2. The summed E-state index contributed by atoms with van der Waals surface area (Å²) in [5.41, 5.74) is 0.864. The molecule has 0 atom stereocenters. The van der Waals surface area contributed by atoms with E-state index in [0.717, 1.165) is 43.4 Å². The summed E-state index contributed by atoms with van der Waals surface area (Å²) < 4.78 is 80.1. The number of ether oxygens (including phenoxy) is 2. The first kappa shape index (κ1) is 25.7. The average molecular weight is 503 g/mol. The average Bonchev–Trinajstić information content (AvgIpc) is 2.86. The van der Waals surface area contributed by atoms with Crippen molar-refractivity contribution in [3.63, 3.8) is 0 Å². The molecule has 0 aromatic heterocycles. The smallest absolute Gasteiger partial charge is 0.429 e. The molecule has 3 aromatic rings. The maximum Gasteiger partial charge on any atom is 0.429 e. The molecule has 0 N–H and O–H groups in total. The van der Waals surface area contributed by atoms with Gasteiger partial charge in [0.1, 0.15) is 11.6 Å². The summed E-state index contributed by atoms with van der Waals surface area (Å²) >= 11 is 0. The number of hydrogen-bond donors (Lipinski definition) is 0. The summed E-state index contributed by atoms with van der Waals surface area (Å²) in [6.07, 6.45) is 4.11. The molecule has 0 spiro atoms. The summed E-state index contributed by atoms with van der Waals surface area (Å²) in [6.45, 7) is 0.834. The minimum Gasteiger partial charge on any atom is -0.460 e. The summed E-state index contributed by atoms with van der Waals surface area (Å²) in [5, 5.41) is 0. The molecular weight excluding hydrogens is 475 g/mol. The van der Waals surface area contributed by atoms with Crippen molar-refractivity contribution in [3.8, 4) is 22.6 Å². The lowest BCUT2D eigenvalue weighted by molar-refractivity contribution is -0.187. The highest BCUT2D eigenvalue weighted by Gasteiger charge is 2.38. The lowest BCUT2D eigenvalue weighted by atomic mass is 9.78. The van der Waals surface area contributed by atoms with Crippen molar-refractivity contribution < 1.29 is 31.4 Å². The summed E-state index contributed by atoms with van der Waals surface area (Å²) in [7, 11) is 0.